The molecule has 0 unspecified atom stereocenters. The fourth-order valence-corrected chi connectivity index (χ4v) is 2.52. The van der Waals surface area contributed by atoms with Crippen molar-refractivity contribution in [2.24, 2.45) is 5.92 Å². The van der Waals surface area contributed by atoms with Gasteiger partial charge in [-0.3, -0.25) is 0 Å². The van der Waals surface area contributed by atoms with Crippen LogP contribution in [0.5, 0.6) is 0 Å². The van der Waals surface area contributed by atoms with Crippen molar-refractivity contribution in [3.05, 3.63) is 63.6 Å². The molecule has 2 nitrogen and oxygen atoms in total. The second kappa shape index (κ2) is 7.17. The van der Waals surface area contributed by atoms with Crippen molar-refractivity contribution in [2.45, 2.75) is 20.0 Å². The van der Waals surface area contributed by atoms with Gasteiger partial charge in [-0.2, -0.15) is 0 Å². The Balaban J connectivity index is 2.37. The fraction of sp³-hybridized carbons (Fsp3) is 0.294. The van der Waals surface area contributed by atoms with Crippen molar-refractivity contribution in [2.75, 3.05) is 11.9 Å². The Bertz CT molecular complexity index is 613. The SMILES string of the molecule is CC(C)CNc1ccc(Cl)cc1[C@@H](O)c1ccccc1Cl. The van der Waals surface area contributed by atoms with Crippen molar-refractivity contribution in [3.8, 4) is 0 Å². The van der Waals surface area contributed by atoms with Gasteiger partial charge in [-0.15, -0.1) is 0 Å². The number of hydrogen-bond donors (Lipinski definition) is 2. The maximum absolute atomic E-state index is 10.7. The van der Waals surface area contributed by atoms with Gasteiger partial charge in [0.2, 0.25) is 0 Å². The largest absolute Gasteiger partial charge is 0.384 e. The van der Waals surface area contributed by atoms with Crippen LogP contribution in [0.15, 0.2) is 42.5 Å². The second-order valence-electron chi connectivity index (χ2n) is 5.43. The molecular weight excluding hydrogens is 305 g/mol. The average molecular weight is 324 g/mol. The zero-order chi connectivity index (χ0) is 15.4. The summed E-state index contributed by atoms with van der Waals surface area (Å²) in [7, 11) is 0. The first-order chi connectivity index (χ1) is 9.99. The average Bonchev–Trinajstić information content (AvgIpc) is 2.45. The number of aliphatic hydroxyl groups excluding tert-OH is 1. The molecule has 0 saturated heterocycles. The number of aliphatic hydroxyl groups is 1. The summed E-state index contributed by atoms with van der Waals surface area (Å²) >= 11 is 12.3. The minimum absolute atomic E-state index is 0.506. The van der Waals surface area contributed by atoms with Crippen molar-refractivity contribution in [1.29, 1.82) is 0 Å². The van der Waals surface area contributed by atoms with Gasteiger partial charge in [0.1, 0.15) is 6.10 Å². The van der Waals surface area contributed by atoms with Gasteiger partial charge < -0.3 is 10.4 Å². The summed E-state index contributed by atoms with van der Waals surface area (Å²) in [5.41, 5.74) is 2.28. The van der Waals surface area contributed by atoms with E-state index in [9.17, 15) is 5.11 Å². The van der Waals surface area contributed by atoms with Crippen LogP contribution < -0.4 is 5.32 Å². The van der Waals surface area contributed by atoms with Crippen LogP contribution in [0.25, 0.3) is 0 Å². The highest BCUT2D eigenvalue weighted by molar-refractivity contribution is 6.31. The number of nitrogens with one attached hydrogen (secondary N) is 1. The quantitative estimate of drug-likeness (QED) is 0.798. The molecule has 0 spiro atoms. The fourth-order valence-electron chi connectivity index (χ4n) is 2.10. The van der Waals surface area contributed by atoms with Crippen molar-refractivity contribution in [1.82, 2.24) is 0 Å². The lowest BCUT2D eigenvalue weighted by Crippen LogP contribution is -2.12. The molecule has 4 heteroatoms. The zero-order valence-electron chi connectivity index (χ0n) is 12.1. The molecule has 0 saturated carbocycles. The predicted molar refractivity (Wildman–Crippen MR) is 90.3 cm³/mol. The molecule has 0 aromatic heterocycles. The van der Waals surface area contributed by atoms with E-state index >= 15 is 0 Å². The highest BCUT2D eigenvalue weighted by Gasteiger charge is 2.17. The Hall–Kier alpha value is -1.22. The van der Waals surface area contributed by atoms with Crippen LogP contribution in [-0.4, -0.2) is 11.7 Å². The number of rotatable bonds is 5. The third kappa shape index (κ3) is 4.13. The van der Waals surface area contributed by atoms with Crippen LogP contribution in [0.3, 0.4) is 0 Å². The number of halogens is 2. The van der Waals surface area contributed by atoms with Crippen LogP contribution in [-0.2, 0) is 0 Å². The summed E-state index contributed by atoms with van der Waals surface area (Å²) in [6.45, 7) is 5.09. The molecule has 2 aromatic carbocycles. The normalized spacial score (nSPS) is 12.5. The maximum Gasteiger partial charge on any atom is 0.108 e. The summed E-state index contributed by atoms with van der Waals surface area (Å²) < 4.78 is 0. The van der Waals surface area contributed by atoms with E-state index in [1.807, 2.05) is 30.3 Å². The van der Waals surface area contributed by atoms with E-state index in [1.54, 1.807) is 12.1 Å². The van der Waals surface area contributed by atoms with Crippen LogP contribution in [0.1, 0.15) is 31.1 Å². The highest BCUT2D eigenvalue weighted by atomic mass is 35.5. The van der Waals surface area contributed by atoms with Gasteiger partial charge in [-0.1, -0.05) is 55.2 Å². The van der Waals surface area contributed by atoms with Gasteiger partial charge in [0.05, 0.1) is 0 Å². The molecule has 2 aromatic rings. The number of benzene rings is 2. The lowest BCUT2D eigenvalue weighted by molar-refractivity contribution is 0.221. The molecule has 0 bridgehead atoms. The summed E-state index contributed by atoms with van der Waals surface area (Å²) in [6, 6.07) is 12.8. The predicted octanol–water partition coefficient (Wildman–Crippen LogP) is 5.14. The summed E-state index contributed by atoms with van der Waals surface area (Å²) in [5, 5.41) is 15.1. The minimum atomic E-state index is -0.813. The van der Waals surface area contributed by atoms with E-state index in [1.165, 1.54) is 0 Å². The second-order valence-corrected chi connectivity index (χ2v) is 6.27. The Morgan fingerprint density at radius 2 is 1.76 bits per heavy atom. The molecule has 0 aliphatic rings. The van der Waals surface area contributed by atoms with Gasteiger partial charge in [0.15, 0.2) is 0 Å². The first-order valence-electron chi connectivity index (χ1n) is 6.95. The summed E-state index contributed by atoms with van der Waals surface area (Å²) in [4.78, 5) is 0. The highest BCUT2D eigenvalue weighted by Crippen LogP contribution is 2.34. The van der Waals surface area contributed by atoms with Crippen LogP contribution in [0.4, 0.5) is 5.69 Å². The summed E-state index contributed by atoms with van der Waals surface area (Å²) in [6.07, 6.45) is -0.813. The topological polar surface area (TPSA) is 32.3 Å². The van der Waals surface area contributed by atoms with Gasteiger partial charge in [-0.25, -0.2) is 0 Å². The molecule has 0 fully saturated rings. The third-order valence-corrected chi connectivity index (χ3v) is 3.79. The Kier molecular flexibility index (Phi) is 5.51. The Morgan fingerprint density at radius 1 is 1.05 bits per heavy atom. The molecule has 0 amide bonds. The molecule has 112 valence electrons. The van der Waals surface area contributed by atoms with E-state index in [-0.39, 0.29) is 0 Å². The van der Waals surface area contributed by atoms with E-state index in [2.05, 4.69) is 19.2 Å². The van der Waals surface area contributed by atoms with Gasteiger partial charge in [-0.05, 0) is 30.2 Å². The molecule has 1 atom stereocenters. The molecule has 0 aliphatic carbocycles. The smallest absolute Gasteiger partial charge is 0.108 e. The van der Waals surface area contributed by atoms with Crippen LogP contribution in [0, 0.1) is 5.92 Å². The standard InChI is InChI=1S/C17H19Cl2NO/c1-11(2)10-20-16-8-7-12(18)9-14(16)17(21)13-5-3-4-6-15(13)19/h3-9,11,17,20-21H,10H2,1-2H3/t17-/m0/s1. The lowest BCUT2D eigenvalue weighted by Gasteiger charge is -2.19. The third-order valence-electron chi connectivity index (χ3n) is 3.21. The Morgan fingerprint density at radius 3 is 2.43 bits per heavy atom. The first kappa shape index (κ1) is 16.2. The van der Waals surface area contributed by atoms with E-state index < -0.39 is 6.10 Å². The van der Waals surface area contributed by atoms with Gasteiger partial charge >= 0.3 is 0 Å². The van der Waals surface area contributed by atoms with Crippen molar-refractivity contribution < 1.29 is 5.11 Å². The molecule has 0 heterocycles. The monoisotopic (exact) mass is 323 g/mol. The molecule has 0 aliphatic heterocycles. The van der Waals surface area contributed by atoms with E-state index in [0.29, 0.717) is 21.5 Å². The lowest BCUT2D eigenvalue weighted by atomic mass is 9.99. The number of anilines is 1. The molecule has 0 radical (unpaired) electrons. The minimum Gasteiger partial charge on any atom is -0.384 e. The molecular formula is C17H19Cl2NO. The Labute approximate surface area is 135 Å². The van der Waals surface area contributed by atoms with E-state index in [0.717, 1.165) is 17.8 Å². The zero-order valence-corrected chi connectivity index (χ0v) is 13.6. The first-order valence-corrected chi connectivity index (χ1v) is 7.70. The number of hydrogen-bond acceptors (Lipinski definition) is 2. The molecule has 21 heavy (non-hydrogen) atoms. The summed E-state index contributed by atoms with van der Waals surface area (Å²) in [5.74, 6) is 0.506. The molecule has 2 rings (SSSR count). The van der Waals surface area contributed by atoms with Crippen molar-refractivity contribution in [3.63, 3.8) is 0 Å². The van der Waals surface area contributed by atoms with E-state index in [4.69, 9.17) is 23.2 Å². The maximum atomic E-state index is 10.7. The molecule has 2 N–H and O–H groups in total. The van der Waals surface area contributed by atoms with Crippen LogP contribution in [0.2, 0.25) is 10.0 Å². The van der Waals surface area contributed by atoms with Crippen LogP contribution >= 0.6 is 23.2 Å². The van der Waals surface area contributed by atoms with Crippen molar-refractivity contribution >= 4 is 28.9 Å². The van der Waals surface area contributed by atoms with Gasteiger partial charge in [0, 0.05) is 33.4 Å². The van der Waals surface area contributed by atoms with Gasteiger partial charge in [0.25, 0.3) is 0 Å².